The zero-order valence-electron chi connectivity index (χ0n) is 11.4. The molecule has 104 valence electrons. The molecule has 0 spiro atoms. The van der Waals surface area contributed by atoms with Gasteiger partial charge in [0.2, 0.25) is 0 Å². The molecule has 2 saturated heterocycles. The maximum atomic E-state index is 5.98. The average Bonchev–Trinajstić information content (AvgIpc) is 2.95. The molecule has 19 heavy (non-hydrogen) atoms. The standard InChI is InChI=1S/C16H23NOS/c1-2-9-17-14(3-1)11-13-4-6-15(7-5-13)18-16-8-10-19-12-16/h4-7,14,16-17H,1-3,8-12H2. The van der Waals surface area contributed by atoms with Gasteiger partial charge in [0.25, 0.3) is 0 Å². The summed E-state index contributed by atoms with van der Waals surface area (Å²) in [6, 6.07) is 9.41. The monoisotopic (exact) mass is 277 g/mol. The molecule has 2 nitrogen and oxygen atoms in total. The third kappa shape index (κ3) is 3.90. The first-order valence-electron chi connectivity index (χ1n) is 7.47. The lowest BCUT2D eigenvalue weighted by Crippen LogP contribution is -2.35. The van der Waals surface area contributed by atoms with Gasteiger partial charge in [-0.05, 0) is 55.7 Å². The van der Waals surface area contributed by atoms with E-state index in [1.807, 2.05) is 11.8 Å². The second-order valence-corrected chi connectivity index (χ2v) is 6.75. The molecule has 2 atom stereocenters. The molecule has 0 radical (unpaired) electrons. The molecule has 0 aromatic heterocycles. The van der Waals surface area contributed by atoms with Gasteiger partial charge in [0.05, 0.1) is 0 Å². The Labute approximate surface area is 120 Å². The summed E-state index contributed by atoms with van der Waals surface area (Å²) in [5.74, 6) is 3.43. The molecule has 1 aromatic rings. The van der Waals surface area contributed by atoms with Gasteiger partial charge in [0.15, 0.2) is 0 Å². The van der Waals surface area contributed by atoms with Crippen LogP contribution < -0.4 is 10.1 Å². The summed E-state index contributed by atoms with van der Waals surface area (Å²) in [5.41, 5.74) is 1.42. The topological polar surface area (TPSA) is 21.3 Å². The Kier molecular flexibility index (Phi) is 4.67. The van der Waals surface area contributed by atoms with Crippen LogP contribution in [0.2, 0.25) is 0 Å². The minimum atomic E-state index is 0.427. The summed E-state index contributed by atoms with van der Waals surface area (Å²) < 4.78 is 5.98. The van der Waals surface area contributed by atoms with Crippen LogP contribution in [0.3, 0.4) is 0 Å². The van der Waals surface area contributed by atoms with E-state index >= 15 is 0 Å². The molecular weight excluding hydrogens is 254 g/mol. The molecule has 0 aliphatic carbocycles. The van der Waals surface area contributed by atoms with Crippen LogP contribution in [0.5, 0.6) is 5.75 Å². The summed E-state index contributed by atoms with van der Waals surface area (Å²) >= 11 is 1.99. The Morgan fingerprint density at radius 1 is 1.16 bits per heavy atom. The van der Waals surface area contributed by atoms with Gasteiger partial charge in [-0.2, -0.15) is 11.8 Å². The normalized spacial score (nSPS) is 27.4. The van der Waals surface area contributed by atoms with Gasteiger partial charge in [-0.25, -0.2) is 0 Å². The van der Waals surface area contributed by atoms with Crippen molar-refractivity contribution in [3.63, 3.8) is 0 Å². The van der Waals surface area contributed by atoms with Gasteiger partial charge >= 0.3 is 0 Å². The fourth-order valence-corrected chi connectivity index (χ4v) is 3.98. The fourth-order valence-electron chi connectivity index (χ4n) is 2.89. The van der Waals surface area contributed by atoms with E-state index in [9.17, 15) is 0 Å². The van der Waals surface area contributed by atoms with Gasteiger partial charge in [0, 0.05) is 11.8 Å². The van der Waals surface area contributed by atoms with Gasteiger partial charge in [-0.1, -0.05) is 18.6 Å². The highest BCUT2D eigenvalue weighted by molar-refractivity contribution is 7.99. The van der Waals surface area contributed by atoms with Crippen LogP contribution >= 0.6 is 11.8 Å². The van der Waals surface area contributed by atoms with Gasteiger partial charge in [-0.15, -0.1) is 0 Å². The smallest absolute Gasteiger partial charge is 0.119 e. The average molecular weight is 277 g/mol. The van der Waals surface area contributed by atoms with Gasteiger partial charge in [-0.3, -0.25) is 0 Å². The van der Waals surface area contributed by atoms with E-state index in [2.05, 4.69) is 29.6 Å². The number of rotatable bonds is 4. The van der Waals surface area contributed by atoms with Crippen molar-refractivity contribution in [2.45, 2.75) is 44.2 Å². The molecule has 0 bridgehead atoms. The number of hydrogen-bond donors (Lipinski definition) is 1. The number of ether oxygens (including phenoxy) is 1. The predicted molar refractivity (Wildman–Crippen MR) is 82.1 cm³/mol. The third-order valence-electron chi connectivity index (χ3n) is 4.01. The van der Waals surface area contributed by atoms with Crippen molar-refractivity contribution in [2.75, 3.05) is 18.1 Å². The van der Waals surface area contributed by atoms with E-state index in [-0.39, 0.29) is 0 Å². The molecule has 2 fully saturated rings. The molecule has 1 N–H and O–H groups in total. The lowest BCUT2D eigenvalue weighted by Gasteiger charge is -2.23. The van der Waals surface area contributed by atoms with E-state index in [0.29, 0.717) is 12.1 Å². The molecule has 0 saturated carbocycles. The van der Waals surface area contributed by atoms with Crippen molar-refractivity contribution in [2.24, 2.45) is 0 Å². The molecule has 3 rings (SSSR count). The lowest BCUT2D eigenvalue weighted by molar-refractivity contribution is 0.229. The minimum absolute atomic E-state index is 0.427. The zero-order chi connectivity index (χ0) is 12.9. The molecule has 3 heteroatoms. The number of piperidine rings is 1. The largest absolute Gasteiger partial charge is 0.490 e. The van der Waals surface area contributed by atoms with Crippen LogP contribution in [0.1, 0.15) is 31.2 Å². The fraction of sp³-hybridized carbons (Fsp3) is 0.625. The van der Waals surface area contributed by atoms with Crippen LogP contribution in [-0.2, 0) is 6.42 Å². The van der Waals surface area contributed by atoms with Crippen molar-refractivity contribution in [3.05, 3.63) is 29.8 Å². The van der Waals surface area contributed by atoms with Crippen LogP contribution in [0.15, 0.2) is 24.3 Å². The van der Waals surface area contributed by atoms with Gasteiger partial charge in [0.1, 0.15) is 11.9 Å². The highest BCUT2D eigenvalue weighted by Crippen LogP contribution is 2.23. The summed E-state index contributed by atoms with van der Waals surface area (Å²) in [6.07, 6.45) is 6.80. The Balaban J connectivity index is 1.52. The van der Waals surface area contributed by atoms with E-state index in [1.54, 1.807) is 0 Å². The van der Waals surface area contributed by atoms with E-state index < -0.39 is 0 Å². The Morgan fingerprint density at radius 3 is 2.74 bits per heavy atom. The summed E-state index contributed by atoms with van der Waals surface area (Å²) in [7, 11) is 0. The highest BCUT2D eigenvalue weighted by Gasteiger charge is 2.17. The van der Waals surface area contributed by atoms with Gasteiger partial charge < -0.3 is 10.1 Å². The SMILES string of the molecule is c1cc(OC2CCSC2)ccc1CC1CCCCN1. The minimum Gasteiger partial charge on any atom is -0.490 e. The van der Waals surface area contributed by atoms with Crippen LogP contribution in [0.25, 0.3) is 0 Å². The van der Waals surface area contributed by atoms with Crippen molar-refractivity contribution < 1.29 is 4.74 Å². The maximum absolute atomic E-state index is 5.98. The molecule has 2 unspecified atom stereocenters. The van der Waals surface area contributed by atoms with Crippen molar-refractivity contribution >= 4 is 11.8 Å². The summed E-state index contributed by atoms with van der Waals surface area (Å²) in [4.78, 5) is 0. The Hall–Kier alpha value is -0.670. The van der Waals surface area contributed by atoms with E-state index in [0.717, 1.165) is 17.9 Å². The number of hydrogen-bond acceptors (Lipinski definition) is 3. The Morgan fingerprint density at radius 2 is 2.05 bits per heavy atom. The first-order chi connectivity index (χ1) is 9.40. The Bertz CT molecular complexity index is 380. The molecule has 2 aliphatic heterocycles. The zero-order valence-corrected chi connectivity index (χ0v) is 12.3. The predicted octanol–water partition coefficient (Wildman–Crippen LogP) is 3.26. The second kappa shape index (κ2) is 6.67. The first kappa shape index (κ1) is 13.3. The van der Waals surface area contributed by atoms with E-state index in [1.165, 1.54) is 43.5 Å². The molecule has 2 heterocycles. The number of thioether (sulfide) groups is 1. The number of benzene rings is 1. The third-order valence-corrected chi connectivity index (χ3v) is 5.14. The van der Waals surface area contributed by atoms with Crippen molar-refractivity contribution in [3.8, 4) is 5.75 Å². The number of nitrogens with one attached hydrogen (secondary N) is 1. The molecule has 2 aliphatic rings. The highest BCUT2D eigenvalue weighted by atomic mass is 32.2. The lowest BCUT2D eigenvalue weighted by atomic mass is 9.98. The quantitative estimate of drug-likeness (QED) is 0.913. The van der Waals surface area contributed by atoms with Crippen LogP contribution in [-0.4, -0.2) is 30.2 Å². The van der Waals surface area contributed by atoms with Crippen LogP contribution in [0.4, 0.5) is 0 Å². The first-order valence-corrected chi connectivity index (χ1v) is 8.62. The van der Waals surface area contributed by atoms with Crippen molar-refractivity contribution in [1.29, 1.82) is 0 Å². The summed E-state index contributed by atoms with van der Waals surface area (Å²) in [5, 5.41) is 3.61. The van der Waals surface area contributed by atoms with Crippen LogP contribution in [0, 0.1) is 0 Å². The molecular formula is C16H23NOS. The maximum Gasteiger partial charge on any atom is 0.119 e. The summed E-state index contributed by atoms with van der Waals surface area (Å²) in [6.45, 7) is 1.19. The second-order valence-electron chi connectivity index (χ2n) is 5.60. The van der Waals surface area contributed by atoms with Crippen molar-refractivity contribution in [1.82, 2.24) is 5.32 Å². The molecule has 0 amide bonds. The van der Waals surface area contributed by atoms with E-state index in [4.69, 9.17) is 4.74 Å². The molecule has 1 aromatic carbocycles.